The van der Waals surface area contributed by atoms with Crippen molar-refractivity contribution >= 4 is 28.4 Å². The largest absolute Gasteiger partial charge is 0.393 e. The second-order valence-electron chi connectivity index (χ2n) is 4.61. The minimum atomic E-state index is -0.117. The Morgan fingerprint density at radius 2 is 2.00 bits per heavy atom. The number of fused-ring (bicyclic) bond motifs is 2. The van der Waals surface area contributed by atoms with Crippen molar-refractivity contribution in [1.82, 2.24) is 9.97 Å². The fourth-order valence-corrected chi connectivity index (χ4v) is 3.57. The molecule has 0 aliphatic carbocycles. The lowest BCUT2D eigenvalue weighted by Gasteiger charge is -2.38. The smallest absolute Gasteiger partial charge is 0.145 e. The van der Waals surface area contributed by atoms with Gasteiger partial charge in [-0.3, -0.25) is 0 Å². The zero-order chi connectivity index (χ0) is 11.1. The highest BCUT2D eigenvalue weighted by atomic mass is 127. The molecule has 0 radical (unpaired) electrons. The van der Waals surface area contributed by atoms with E-state index < -0.39 is 0 Å². The molecule has 2 unspecified atom stereocenters. The van der Waals surface area contributed by atoms with Gasteiger partial charge >= 0.3 is 0 Å². The van der Waals surface area contributed by atoms with Crippen molar-refractivity contribution in [2.24, 2.45) is 0 Å². The van der Waals surface area contributed by atoms with Crippen molar-refractivity contribution in [2.75, 3.05) is 4.90 Å². The number of hydrogen-bond acceptors (Lipinski definition) is 4. The molecule has 1 aromatic heterocycles. The standard InChI is InChI=1S/C11H14IN3O/c12-10-5-13-6-14-11(10)15-7-1-2-8(15)4-9(16)3-7/h5-9,16H,1-4H2. The van der Waals surface area contributed by atoms with Gasteiger partial charge in [0.15, 0.2) is 0 Å². The summed E-state index contributed by atoms with van der Waals surface area (Å²) in [5.74, 6) is 1.05. The summed E-state index contributed by atoms with van der Waals surface area (Å²) >= 11 is 2.29. The molecule has 1 N–H and O–H groups in total. The molecule has 86 valence electrons. The van der Waals surface area contributed by atoms with Crippen molar-refractivity contribution in [3.05, 3.63) is 16.1 Å². The van der Waals surface area contributed by atoms with E-state index in [0.29, 0.717) is 12.1 Å². The SMILES string of the molecule is OC1CC2CCC(C1)N2c1ncncc1I. The molecule has 3 rings (SSSR count). The third-order valence-corrected chi connectivity index (χ3v) is 4.36. The molecule has 2 fully saturated rings. The van der Waals surface area contributed by atoms with E-state index in [4.69, 9.17) is 0 Å². The third kappa shape index (κ3) is 1.69. The molecular weight excluding hydrogens is 317 g/mol. The Balaban J connectivity index is 1.94. The van der Waals surface area contributed by atoms with E-state index in [-0.39, 0.29) is 6.10 Å². The van der Waals surface area contributed by atoms with Gasteiger partial charge in [-0.2, -0.15) is 0 Å². The Labute approximate surface area is 108 Å². The Morgan fingerprint density at radius 3 is 2.62 bits per heavy atom. The van der Waals surface area contributed by atoms with Gasteiger partial charge in [-0.1, -0.05) is 0 Å². The molecule has 0 aromatic carbocycles. The Kier molecular flexibility index (Phi) is 2.75. The van der Waals surface area contributed by atoms with Crippen LogP contribution < -0.4 is 4.90 Å². The van der Waals surface area contributed by atoms with Gasteiger partial charge in [0.25, 0.3) is 0 Å². The van der Waals surface area contributed by atoms with E-state index in [9.17, 15) is 5.11 Å². The van der Waals surface area contributed by atoms with E-state index in [1.54, 1.807) is 6.33 Å². The summed E-state index contributed by atoms with van der Waals surface area (Å²) in [6, 6.07) is 0.939. The number of aliphatic hydroxyl groups is 1. The molecule has 16 heavy (non-hydrogen) atoms. The van der Waals surface area contributed by atoms with E-state index in [2.05, 4.69) is 37.5 Å². The highest BCUT2D eigenvalue weighted by Crippen LogP contribution is 2.39. The van der Waals surface area contributed by atoms with Crippen LogP contribution in [0.4, 0.5) is 5.82 Å². The molecule has 1 aromatic rings. The van der Waals surface area contributed by atoms with Crippen LogP contribution in [0.15, 0.2) is 12.5 Å². The van der Waals surface area contributed by atoms with Gasteiger partial charge in [0.05, 0.1) is 9.67 Å². The molecule has 0 spiro atoms. The van der Waals surface area contributed by atoms with Gasteiger partial charge < -0.3 is 10.0 Å². The van der Waals surface area contributed by atoms with Crippen LogP contribution in [0.5, 0.6) is 0 Å². The lowest BCUT2D eigenvalue weighted by atomic mass is 10.00. The fourth-order valence-electron chi connectivity index (χ4n) is 2.99. The molecule has 2 aliphatic heterocycles. The molecule has 2 saturated heterocycles. The van der Waals surface area contributed by atoms with Crippen molar-refractivity contribution < 1.29 is 5.11 Å². The van der Waals surface area contributed by atoms with Crippen molar-refractivity contribution in [3.63, 3.8) is 0 Å². The summed E-state index contributed by atoms with van der Waals surface area (Å²) in [7, 11) is 0. The Hall–Kier alpha value is -0.430. The number of aromatic nitrogens is 2. The van der Waals surface area contributed by atoms with Gasteiger partial charge in [0.1, 0.15) is 12.1 Å². The Bertz CT molecular complexity index is 387. The predicted molar refractivity (Wildman–Crippen MR) is 69.3 cm³/mol. The number of hydrogen-bond donors (Lipinski definition) is 1. The number of anilines is 1. The lowest BCUT2D eigenvalue weighted by molar-refractivity contribution is 0.126. The van der Waals surface area contributed by atoms with Crippen LogP contribution >= 0.6 is 22.6 Å². The molecule has 4 nitrogen and oxygen atoms in total. The molecule has 3 heterocycles. The van der Waals surface area contributed by atoms with Gasteiger partial charge in [-0.15, -0.1) is 0 Å². The number of rotatable bonds is 1. The minimum Gasteiger partial charge on any atom is -0.393 e. The summed E-state index contributed by atoms with van der Waals surface area (Å²) in [6.07, 6.45) is 7.49. The van der Waals surface area contributed by atoms with E-state index >= 15 is 0 Å². The average Bonchev–Trinajstić information content (AvgIpc) is 2.53. The van der Waals surface area contributed by atoms with Gasteiger partial charge in [-0.25, -0.2) is 9.97 Å². The third-order valence-electron chi connectivity index (χ3n) is 3.60. The van der Waals surface area contributed by atoms with Crippen molar-refractivity contribution in [2.45, 2.75) is 43.9 Å². The topological polar surface area (TPSA) is 49.2 Å². The Morgan fingerprint density at radius 1 is 1.31 bits per heavy atom. The fraction of sp³-hybridized carbons (Fsp3) is 0.636. The quantitative estimate of drug-likeness (QED) is 0.794. The summed E-state index contributed by atoms with van der Waals surface area (Å²) in [4.78, 5) is 10.8. The van der Waals surface area contributed by atoms with Gasteiger partial charge in [-0.05, 0) is 48.3 Å². The summed E-state index contributed by atoms with van der Waals surface area (Å²) in [5.41, 5.74) is 0. The molecular formula is C11H14IN3O. The second-order valence-corrected chi connectivity index (χ2v) is 5.77. The van der Waals surface area contributed by atoms with Crippen LogP contribution in [0.3, 0.4) is 0 Å². The van der Waals surface area contributed by atoms with Gasteiger partial charge in [0, 0.05) is 18.3 Å². The molecule has 2 aliphatic rings. The highest BCUT2D eigenvalue weighted by molar-refractivity contribution is 14.1. The maximum absolute atomic E-state index is 9.76. The first-order valence-corrected chi connectivity index (χ1v) is 6.75. The molecule has 0 amide bonds. The first kappa shape index (κ1) is 10.7. The zero-order valence-corrected chi connectivity index (χ0v) is 11.0. The van der Waals surface area contributed by atoms with Crippen LogP contribution in [0.1, 0.15) is 25.7 Å². The molecule has 2 bridgehead atoms. The molecule has 2 atom stereocenters. The van der Waals surface area contributed by atoms with Crippen LogP contribution in [-0.2, 0) is 0 Å². The number of piperidine rings is 1. The number of aliphatic hydroxyl groups excluding tert-OH is 1. The maximum Gasteiger partial charge on any atom is 0.145 e. The lowest BCUT2D eigenvalue weighted by Crippen LogP contribution is -2.45. The second kappa shape index (κ2) is 4.10. The summed E-state index contributed by atoms with van der Waals surface area (Å²) in [5, 5.41) is 9.76. The normalized spacial score (nSPS) is 33.1. The van der Waals surface area contributed by atoms with Crippen LogP contribution in [0, 0.1) is 3.57 Å². The summed E-state index contributed by atoms with van der Waals surface area (Å²) in [6.45, 7) is 0. The van der Waals surface area contributed by atoms with Crippen molar-refractivity contribution in [1.29, 1.82) is 0 Å². The minimum absolute atomic E-state index is 0.117. The van der Waals surface area contributed by atoms with Crippen LogP contribution in [0.25, 0.3) is 0 Å². The predicted octanol–water partition coefficient (Wildman–Crippen LogP) is 1.57. The number of halogens is 1. The number of nitrogens with zero attached hydrogens (tertiary/aromatic N) is 3. The highest BCUT2D eigenvalue weighted by Gasteiger charge is 2.41. The van der Waals surface area contributed by atoms with E-state index in [1.807, 2.05) is 6.20 Å². The van der Waals surface area contributed by atoms with E-state index in [0.717, 1.165) is 22.2 Å². The van der Waals surface area contributed by atoms with Crippen LogP contribution in [-0.4, -0.2) is 33.3 Å². The zero-order valence-electron chi connectivity index (χ0n) is 8.88. The molecule has 5 heteroatoms. The monoisotopic (exact) mass is 331 g/mol. The van der Waals surface area contributed by atoms with E-state index in [1.165, 1.54) is 12.8 Å². The van der Waals surface area contributed by atoms with Gasteiger partial charge in [0.2, 0.25) is 0 Å². The maximum atomic E-state index is 9.76. The first-order chi connectivity index (χ1) is 7.75. The summed E-state index contributed by atoms with van der Waals surface area (Å²) < 4.78 is 1.10. The first-order valence-electron chi connectivity index (χ1n) is 5.67. The molecule has 0 saturated carbocycles. The average molecular weight is 331 g/mol. The van der Waals surface area contributed by atoms with Crippen molar-refractivity contribution in [3.8, 4) is 0 Å². The van der Waals surface area contributed by atoms with Crippen LogP contribution in [0.2, 0.25) is 0 Å².